The molecule has 0 amide bonds. The molecule has 3 aromatic heterocycles. The number of pyridine rings is 3. The number of carbonyl (C=O) groups is 3. The molecule has 21 nitrogen and oxygen atoms in total. The molecule has 3 saturated heterocycles. The highest BCUT2D eigenvalue weighted by molar-refractivity contribution is 6.33. The lowest BCUT2D eigenvalue weighted by molar-refractivity contribution is 0.0514. The van der Waals surface area contributed by atoms with Crippen molar-refractivity contribution in [2.75, 3.05) is 95.8 Å². The maximum atomic E-state index is 12.7. The van der Waals surface area contributed by atoms with E-state index in [2.05, 4.69) is 35.8 Å². The molecule has 9 heterocycles. The maximum Gasteiger partial charge on any atom is 0.343 e. The molecule has 3 fully saturated rings. The van der Waals surface area contributed by atoms with Gasteiger partial charge in [0.1, 0.15) is 33.9 Å². The molecule has 0 aliphatic carbocycles. The van der Waals surface area contributed by atoms with Crippen molar-refractivity contribution in [3.8, 4) is 51.0 Å². The van der Waals surface area contributed by atoms with E-state index < -0.39 is 17.9 Å². The van der Waals surface area contributed by atoms with Gasteiger partial charge in [-0.15, -0.1) is 0 Å². The number of halogens is 3. The fourth-order valence-electron chi connectivity index (χ4n) is 13.4. The van der Waals surface area contributed by atoms with E-state index in [4.69, 9.17) is 77.4 Å². The molecule has 4 unspecified atom stereocenters. The average Bonchev–Trinajstić information content (AvgIpc) is 1.73. The quantitative estimate of drug-likeness (QED) is 0.0372. The summed E-state index contributed by atoms with van der Waals surface area (Å²) in [4.78, 5) is 75.2. The number of aromatic nitrogens is 3. The third-order valence-corrected chi connectivity index (χ3v) is 18.6. The Kier molecular flexibility index (Phi) is 22.2. The van der Waals surface area contributed by atoms with Gasteiger partial charge >= 0.3 is 17.9 Å². The Morgan fingerprint density at radius 2 is 0.677 bits per heavy atom. The first-order valence-corrected chi connectivity index (χ1v) is 33.0. The van der Waals surface area contributed by atoms with Gasteiger partial charge in [-0.3, -0.25) is 28.4 Å². The number of hydrogen-bond donors (Lipinski definition) is 0. The summed E-state index contributed by atoms with van der Waals surface area (Å²) < 4.78 is 54.0. The Morgan fingerprint density at radius 3 is 0.925 bits per heavy atom. The summed E-state index contributed by atoms with van der Waals surface area (Å²) in [7, 11) is 4.98. The average molecular weight is 1340 g/mol. The van der Waals surface area contributed by atoms with Crippen LogP contribution in [0.25, 0.3) is 33.8 Å². The van der Waals surface area contributed by atoms with E-state index in [1.165, 1.54) is 18.2 Å². The number of carbonyl (C=O) groups excluding carboxylic acids is 3. The molecule has 0 spiro atoms. The van der Waals surface area contributed by atoms with Gasteiger partial charge in [0.05, 0.1) is 89.9 Å². The maximum absolute atomic E-state index is 12.7. The van der Waals surface area contributed by atoms with Gasteiger partial charge in [-0.05, 0) is 133 Å². The molecule has 0 bridgehead atoms. The minimum atomic E-state index is -0.602. The first kappa shape index (κ1) is 68.3. The number of ether oxygens (including phenoxy) is 9. The fraction of sp³-hybridized carbons (Fsp3) is 0.478. The Hall–Kier alpha value is -7.53. The Balaban J connectivity index is 0.000000153. The van der Waals surface area contributed by atoms with Crippen LogP contribution in [-0.4, -0.2) is 131 Å². The van der Waals surface area contributed by atoms with Crippen LogP contribution in [0.15, 0.2) is 87.6 Å². The summed E-state index contributed by atoms with van der Waals surface area (Å²) in [5.41, 5.74) is 7.07. The zero-order valence-corrected chi connectivity index (χ0v) is 56.3. The lowest BCUT2D eigenvalue weighted by Crippen LogP contribution is -2.43. The standard InChI is InChI=1S/3C23H27ClN2O5/c3*1-4-30-23(28)17-13-25-20(12-21(17)27)15-10-18(24)22(31-9-5-8-29-3)11-16(15)19-7-6-14(2)26(19)25/h3*10-14,19H,4-9H2,1-3H3/t2*14-,19?;/m00./s1. The molecule has 3 aromatic carbocycles. The Morgan fingerprint density at radius 1 is 0.409 bits per heavy atom. The number of rotatable bonds is 21. The van der Waals surface area contributed by atoms with Crippen LogP contribution in [-0.2, 0) is 28.4 Å². The van der Waals surface area contributed by atoms with Crippen molar-refractivity contribution in [2.24, 2.45) is 0 Å². The normalized spacial score (nSPS) is 18.9. The lowest BCUT2D eigenvalue weighted by atomic mass is 9.94. The molecule has 0 N–H and O–H groups in total. The number of nitrogens with zero attached hydrogens (tertiary/aromatic N) is 6. The third kappa shape index (κ3) is 14.0. The Bertz CT molecular complexity index is 3550. The summed E-state index contributed by atoms with van der Waals surface area (Å²) in [6.45, 7) is 15.7. The molecule has 6 atom stereocenters. The van der Waals surface area contributed by atoms with E-state index in [-0.39, 0.29) is 89.0 Å². The van der Waals surface area contributed by atoms with Crippen LogP contribution in [0.2, 0.25) is 15.1 Å². The van der Waals surface area contributed by atoms with Gasteiger partial charge in [-0.25, -0.2) is 14.4 Å². The summed E-state index contributed by atoms with van der Waals surface area (Å²) >= 11 is 19.6. The summed E-state index contributed by atoms with van der Waals surface area (Å²) in [6.07, 6.45) is 13.0. The molecule has 0 saturated carbocycles. The van der Waals surface area contributed by atoms with Crippen molar-refractivity contribution in [3.63, 3.8) is 0 Å². The molecular weight excluding hydrogens is 1260 g/mol. The molecule has 12 rings (SSSR count). The van der Waals surface area contributed by atoms with Gasteiger partial charge in [0.2, 0.25) is 0 Å². The zero-order valence-electron chi connectivity index (χ0n) is 54.1. The van der Waals surface area contributed by atoms with Gasteiger partial charge in [0.15, 0.2) is 16.3 Å². The summed E-state index contributed by atoms with van der Waals surface area (Å²) in [5.74, 6) is 0.0967. The summed E-state index contributed by atoms with van der Waals surface area (Å²) in [5, 5.41) is 8.14. The van der Waals surface area contributed by atoms with E-state index in [0.717, 1.165) is 91.2 Å². The highest BCUT2D eigenvalue weighted by atomic mass is 35.5. The number of methoxy groups -OCH3 is 3. The highest BCUT2D eigenvalue weighted by Gasteiger charge is 2.43. The monoisotopic (exact) mass is 1340 g/mol. The highest BCUT2D eigenvalue weighted by Crippen LogP contribution is 2.50. The zero-order chi connectivity index (χ0) is 66.4. The van der Waals surface area contributed by atoms with E-state index in [1.54, 1.807) is 60.7 Å². The molecular formula is C69H81Cl3N6O15. The van der Waals surface area contributed by atoms with Gasteiger partial charge < -0.3 is 57.7 Å². The van der Waals surface area contributed by atoms with Crippen LogP contribution in [0, 0.1) is 0 Å². The first-order valence-electron chi connectivity index (χ1n) is 31.9. The van der Waals surface area contributed by atoms with E-state index >= 15 is 0 Å². The Labute approximate surface area is 555 Å². The second kappa shape index (κ2) is 30.3. The number of fused-ring (bicyclic) bond motifs is 18. The van der Waals surface area contributed by atoms with Crippen molar-refractivity contribution < 1.29 is 57.0 Å². The summed E-state index contributed by atoms with van der Waals surface area (Å²) in [6, 6.07) is 17.1. The van der Waals surface area contributed by atoms with Crippen molar-refractivity contribution >= 4 is 52.7 Å². The van der Waals surface area contributed by atoms with E-state index in [9.17, 15) is 28.8 Å². The minimum absolute atomic E-state index is 0.0380. The van der Waals surface area contributed by atoms with Crippen molar-refractivity contribution in [2.45, 2.75) is 136 Å². The SMILES string of the molecule is CCOC(=O)c1cn2c(cc1=O)-c1cc(Cl)c(OCCCOC)cc1C1CCC(C)N12.CCOC(=O)c1cn2c(cc1=O)-c1cc(Cl)c(OCCCOC)cc1C1CC[C@H](C)N12.CCOC(=O)c1cn2c(cc1=O)-c1cc(Cl)c(OCCCOC)cc1C1CC[C@H](C)N12. The second-order valence-corrected chi connectivity index (χ2v) is 24.9. The molecule has 24 heteroatoms. The van der Waals surface area contributed by atoms with Crippen molar-refractivity contribution in [3.05, 3.63) is 152 Å². The number of esters is 3. The van der Waals surface area contributed by atoms with Gasteiger partial charge in [0.25, 0.3) is 0 Å². The van der Waals surface area contributed by atoms with Crippen LogP contribution >= 0.6 is 34.8 Å². The van der Waals surface area contributed by atoms with E-state index in [0.29, 0.717) is 89.0 Å². The lowest BCUT2D eigenvalue weighted by Gasteiger charge is -2.40. The number of benzene rings is 3. The van der Waals surface area contributed by atoms with Gasteiger partial charge in [-0.1, -0.05) is 34.8 Å². The molecule has 93 heavy (non-hydrogen) atoms. The topological polar surface area (TPSA) is 210 Å². The predicted octanol–water partition coefficient (Wildman–Crippen LogP) is 11.8. The van der Waals surface area contributed by atoms with Crippen LogP contribution in [0.5, 0.6) is 17.2 Å². The van der Waals surface area contributed by atoms with Crippen LogP contribution in [0.1, 0.15) is 165 Å². The third-order valence-electron chi connectivity index (χ3n) is 17.7. The van der Waals surface area contributed by atoms with Crippen molar-refractivity contribution in [1.29, 1.82) is 0 Å². The minimum Gasteiger partial charge on any atom is -0.492 e. The molecule has 6 aliphatic rings. The smallest absolute Gasteiger partial charge is 0.343 e. The molecule has 6 aromatic rings. The first-order chi connectivity index (χ1) is 44.9. The molecule has 0 radical (unpaired) electrons. The van der Waals surface area contributed by atoms with Crippen LogP contribution < -0.4 is 45.5 Å². The van der Waals surface area contributed by atoms with Gasteiger partial charge in [-0.2, -0.15) is 0 Å². The van der Waals surface area contributed by atoms with Crippen LogP contribution in [0.3, 0.4) is 0 Å². The fourth-order valence-corrected chi connectivity index (χ4v) is 14.1. The predicted molar refractivity (Wildman–Crippen MR) is 356 cm³/mol. The molecule has 6 aliphatic heterocycles. The van der Waals surface area contributed by atoms with Gasteiger partial charge in [0, 0.05) is 132 Å². The van der Waals surface area contributed by atoms with E-state index in [1.807, 2.05) is 50.4 Å². The second-order valence-electron chi connectivity index (χ2n) is 23.7. The van der Waals surface area contributed by atoms with Crippen LogP contribution in [0.4, 0.5) is 0 Å². The number of hydrogen-bond acceptors (Lipinski definition) is 18. The van der Waals surface area contributed by atoms with Crippen molar-refractivity contribution in [1.82, 2.24) is 14.0 Å². The molecule has 498 valence electrons. The largest absolute Gasteiger partial charge is 0.492 e.